The molecule has 2 fully saturated rings. The van der Waals surface area contributed by atoms with Crippen molar-refractivity contribution >= 4 is 23.3 Å². The molecular formula is C20H25N5O2S. The number of hydrogen-bond donors (Lipinski definition) is 1. The molecule has 3 heterocycles. The second-order valence-electron chi connectivity index (χ2n) is 7.70. The lowest BCUT2D eigenvalue weighted by Gasteiger charge is -2.31. The smallest absolute Gasteiger partial charge is 0.236 e. The molecule has 0 bridgehead atoms. The molecule has 8 heteroatoms. The highest BCUT2D eigenvalue weighted by molar-refractivity contribution is 7.03. The summed E-state index contributed by atoms with van der Waals surface area (Å²) in [5.41, 5.74) is 7.61. The molecule has 0 spiro atoms. The first-order chi connectivity index (χ1) is 13.6. The molecule has 1 aromatic heterocycles. The number of hydrogen-bond acceptors (Lipinski definition) is 6. The number of carbonyl (C=O) groups is 2. The van der Waals surface area contributed by atoms with Gasteiger partial charge in [0.2, 0.25) is 11.8 Å². The minimum absolute atomic E-state index is 0.0536. The van der Waals surface area contributed by atoms with E-state index in [0.29, 0.717) is 19.6 Å². The van der Waals surface area contributed by atoms with Crippen LogP contribution in [0.2, 0.25) is 0 Å². The lowest BCUT2D eigenvalue weighted by Crippen LogP contribution is -2.44. The molecule has 0 radical (unpaired) electrons. The molecule has 28 heavy (non-hydrogen) atoms. The minimum atomic E-state index is -0.226. The molecule has 2 aliphatic heterocycles. The molecule has 2 aromatic rings. The van der Waals surface area contributed by atoms with Gasteiger partial charge in [-0.25, -0.2) is 0 Å². The van der Waals surface area contributed by atoms with E-state index in [-0.39, 0.29) is 29.6 Å². The third-order valence-electron chi connectivity index (χ3n) is 6.01. The third kappa shape index (κ3) is 4.07. The summed E-state index contributed by atoms with van der Waals surface area (Å²) >= 11 is 1.35. The first-order valence-corrected chi connectivity index (χ1v) is 10.6. The Labute approximate surface area is 168 Å². The Morgan fingerprint density at radius 3 is 2.46 bits per heavy atom. The van der Waals surface area contributed by atoms with Crippen molar-refractivity contribution in [2.75, 3.05) is 32.7 Å². The molecule has 0 saturated carbocycles. The van der Waals surface area contributed by atoms with Gasteiger partial charge in [-0.3, -0.25) is 14.5 Å². The van der Waals surface area contributed by atoms with Gasteiger partial charge in [-0.2, -0.15) is 0 Å². The van der Waals surface area contributed by atoms with Crippen molar-refractivity contribution in [1.29, 1.82) is 0 Å². The second-order valence-corrected chi connectivity index (χ2v) is 8.31. The van der Waals surface area contributed by atoms with Crippen molar-refractivity contribution in [3.8, 4) is 0 Å². The molecule has 0 unspecified atom stereocenters. The van der Waals surface area contributed by atoms with Crippen LogP contribution in [0.1, 0.15) is 35.9 Å². The maximum absolute atomic E-state index is 13.0. The summed E-state index contributed by atoms with van der Waals surface area (Å²) in [6.07, 6.45) is 1.48. The van der Waals surface area contributed by atoms with Crippen LogP contribution >= 0.6 is 11.5 Å². The number of carbonyl (C=O) groups excluding carboxylic acids is 2. The van der Waals surface area contributed by atoms with Gasteiger partial charge >= 0.3 is 0 Å². The molecule has 2 saturated heterocycles. The summed E-state index contributed by atoms with van der Waals surface area (Å²) < 4.78 is 4.02. The van der Waals surface area contributed by atoms with Crippen LogP contribution in [0, 0.1) is 5.92 Å². The van der Waals surface area contributed by atoms with Gasteiger partial charge in [-0.15, -0.1) is 5.10 Å². The molecule has 0 aliphatic carbocycles. The number of amides is 2. The van der Waals surface area contributed by atoms with E-state index in [1.807, 2.05) is 28.5 Å². The number of primary amides is 1. The maximum atomic E-state index is 13.0. The SMILES string of the molecule is NC(=O)C1CCN(CC(=O)N2C[C@@H](c3ccccc3)[C@H](c3csnn3)C2)CC1. The van der Waals surface area contributed by atoms with Gasteiger partial charge in [0.05, 0.1) is 12.2 Å². The van der Waals surface area contributed by atoms with Crippen molar-refractivity contribution in [2.24, 2.45) is 11.7 Å². The normalized spacial score (nSPS) is 23.8. The Morgan fingerprint density at radius 2 is 1.82 bits per heavy atom. The number of benzene rings is 1. The van der Waals surface area contributed by atoms with Crippen LogP contribution in [0.15, 0.2) is 35.7 Å². The van der Waals surface area contributed by atoms with Crippen LogP contribution in [0.5, 0.6) is 0 Å². The van der Waals surface area contributed by atoms with Gasteiger partial charge in [0.15, 0.2) is 0 Å². The zero-order valence-electron chi connectivity index (χ0n) is 15.7. The fourth-order valence-corrected chi connectivity index (χ4v) is 4.86. The zero-order valence-corrected chi connectivity index (χ0v) is 16.6. The van der Waals surface area contributed by atoms with Gasteiger partial charge in [0.1, 0.15) is 0 Å². The average Bonchev–Trinajstić information content (AvgIpc) is 3.39. The van der Waals surface area contributed by atoms with E-state index in [1.165, 1.54) is 17.1 Å². The molecule has 7 nitrogen and oxygen atoms in total. The molecule has 2 aliphatic rings. The van der Waals surface area contributed by atoms with Gasteiger partial charge in [0.25, 0.3) is 0 Å². The van der Waals surface area contributed by atoms with E-state index in [0.717, 1.165) is 31.6 Å². The van der Waals surface area contributed by atoms with Crippen molar-refractivity contribution in [2.45, 2.75) is 24.7 Å². The Kier molecular flexibility index (Phi) is 5.68. The van der Waals surface area contributed by atoms with E-state index in [1.54, 1.807) is 0 Å². The van der Waals surface area contributed by atoms with Crippen molar-refractivity contribution in [3.05, 3.63) is 47.0 Å². The minimum Gasteiger partial charge on any atom is -0.369 e. The molecule has 148 valence electrons. The zero-order chi connectivity index (χ0) is 19.5. The first kappa shape index (κ1) is 19.0. The largest absolute Gasteiger partial charge is 0.369 e. The summed E-state index contributed by atoms with van der Waals surface area (Å²) in [5, 5.41) is 6.27. The van der Waals surface area contributed by atoms with E-state index in [2.05, 4.69) is 26.6 Å². The fraction of sp³-hybridized carbons (Fsp3) is 0.500. The lowest BCUT2D eigenvalue weighted by molar-refractivity contribution is -0.132. The number of likely N-dealkylation sites (tertiary alicyclic amines) is 2. The predicted octanol–water partition coefficient (Wildman–Crippen LogP) is 1.44. The first-order valence-electron chi connectivity index (χ1n) is 9.73. The highest BCUT2D eigenvalue weighted by Crippen LogP contribution is 2.39. The number of nitrogens with zero attached hydrogens (tertiary/aromatic N) is 4. The fourth-order valence-electron chi connectivity index (χ4n) is 4.35. The Balaban J connectivity index is 1.42. The predicted molar refractivity (Wildman–Crippen MR) is 107 cm³/mol. The maximum Gasteiger partial charge on any atom is 0.236 e. The molecule has 1 aromatic carbocycles. The molecule has 4 rings (SSSR count). The average molecular weight is 400 g/mol. The summed E-state index contributed by atoms with van der Waals surface area (Å²) in [7, 11) is 0. The van der Waals surface area contributed by atoms with Gasteiger partial charge in [-0.1, -0.05) is 34.8 Å². The highest BCUT2D eigenvalue weighted by atomic mass is 32.1. The van der Waals surface area contributed by atoms with Gasteiger partial charge < -0.3 is 10.6 Å². The van der Waals surface area contributed by atoms with E-state index >= 15 is 0 Å². The summed E-state index contributed by atoms with van der Waals surface area (Å²) in [6, 6.07) is 10.3. The molecule has 2 amide bonds. The Bertz CT molecular complexity index is 805. The molecule has 2 atom stereocenters. The van der Waals surface area contributed by atoms with Gasteiger partial charge in [-0.05, 0) is 43.0 Å². The van der Waals surface area contributed by atoms with Crippen LogP contribution < -0.4 is 5.73 Å². The summed E-state index contributed by atoms with van der Waals surface area (Å²) in [4.78, 5) is 28.4. The quantitative estimate of drug-likeness (QED) is 0.821. The van der Waals surface area contributed by atoms with Crippen LogP contribution in [-0.4, -0.2) is 63.9 Å². The van der Waals surface area contributed by atoms with Crippen LogP contribution in [-0.2, 0) is 9.59 Å². The topological polar surface area (TPSA) is 92.4 Å². The van der Waals surface area contributed by atoms with Gasteiger partial charge in [0, 0.05) is 36.2 Å². The Hall–Kier alpha value is -2.32. The number of aromatic nitrogens is 2. The highest BCUT2D eigenvalue weighted by Gasteiger charge is 2.38. The van der Waals surface area contributed by atoms with Crippen LogP contribution in [0.3, 0.4) is 0 Å². The summed E-state index contributed by atoms with van der Waals surface area (Å²) in [5.74, 6) is 0.266. The molecule has 2 N–H and O–H groups in total. The van der Waals surface area contributed by atoms with E-state index in [9.17, 15) is 9.59 Å². The number of rotatable bonds is 5. The number of piperidine rings is 1. The van der Waals surface area contributed by atoms with E-state index in [4.69, 9.17) is 5.73 Å². The molecular weight excluding hydrogens is 374 g/mol. The van der Waals surface area contributed by atoms with Crippen molar-refractivity contribution in [3.63, 3.8) is 0 Å². The second kappa shape index (κ2) is 8.36. The monoisotopic (exact) mass is 399 g/mol. The Morgan fingerprint density at radius 1 is 1.11 bits per heavy atom. The third-order valence-corrected chi connectivity index (χ3v) is 6.53. The lowest BCUT2D eigenvalue weighted by atomic mass is 9.87. The van der Waals surface area contributed by atoms with Crippen molar-refractivity contribution in [1.82, 2.24) is 19.4 Å². The van der Waals surface area contributed by atoms with Crippen molar-refractivity contribution < 1.29 is 9.59 Å². The number of nitrogens with two attached hydrogens (primary N) is 1. The van der Waals surface area contributed by atoms with Crippen LogP contribution in [0.25, 0.3) is 0 Å². The summed E-state index contributed by atoms with van der Waals surface area (Å²) in [6.45, 7) is 3.25. The van der Waals surface area contributed by atoms with E-state index < -0.39 is 0 Å². The standard InChI is InChI=1S/C20H25N5O2S/c21-20(27)15-6-8-24(9-7-15)12-19(26)25-10-16(14-4-2-1-3-5-14)17(11-25)18-13-28-23-22-18/h1-5,13,15-17H,6-12H2,(H2,21,27)/t16-,17+/m0/s1. The van der Waals surface area contributed by atoms with Crippen LogP contribution in [0.4, 0.5) is 0 Å².